The zero-order chi connectivity index (χ0) is 13.7. The summed E-state index contributed by atoms with van der Waals surface area (Å²) in [6.45, 7) is 11.5. The van der Waals surface area contributed by atoms with Crippen molar-refractivity contribution in [3.05, 3.63) is 10.4 Å². The fourth-order valence-corrected chi connectivity index (χ4v) is 1.10. The van der Waals surface area contributed by atoms with Crippen LogP contribution in [0.25, 0.3) is 10.4 Å². The lowest BCUT2D eigenvalue weighted by molar-refractivity contribution is 0.0468. The lowest BCUT2D eigenvalue weighted by atomic mass is 9.87. The van der Waals surface area contributed by atoms with Crippen molar-refractivity contribution >= 4 is 6.09 Å². The summed E-state index contributed by atoms with van der Waals surface area (Å²) in [7, 11) is 0. The maximum atomic E-state index is 11.6. The van der Waals surface area contributed by atoms with Gasteiger partial charge in [0.05, 0.1) is 0 Å². The molecule has 0 aliphatic carbocycles. The van der Waals surface area contributed by atoms with Crippen LogP contribution in [-0.2, 0) is 4.74 Å². The van der Waals surface area contributed by atoms with Crippen LogP contribution in [-0.4, -0.2) is 24.3 Å². The molecule has 1 amide bonds. The first-order valence-corrected chi connectivity index (χ1v) is 5.56. The monoisotopic (exact) mass is 242 g/mol. The van der Waals surface area contributed by atoms with Crippen LogP contribution >= 0.6 is 0 Å². The Balaban J connectivity index is 4.54. The Labute approximate surface area is 102 Å². The molecule has 0 saturated heterocycles. The Hall–Kier alpha value is -1.42. The van der Waals surface area contributed by atoms with Gasteiger partial charge in [0.1, 0.15) is 5.60 Å². The Kier molecular flexibility index (Phi) is 5.29. The number of nitrogens with one attached hydrogen (secondary N) is 1. The molecule has 0 saturated carbocycles. The van der Waals surface area contributed by atoms with E-state index in [-0.39, 0.29) is 18.0 Å². The summed E-state index contributed by atoms with van der Waals surface area (Å²) in [6, 6.07) is -0.256. The van der Waals surface area contributed by atoms with Gasteiger partial charge in [-0.2, -0.15) is 0 Å². The second-order valence-electron chi connectivity index (χ2n) is 5.98. The number of ether oxygens (including phenoxy) is 1. The van der Waals surface area contributed by atoms with Crippen LogP contribution in [0, 0.1) is 5.41 Å². The number of amides is 1. The van der Waals surface area contributed by atoms with Crippen molar-refractivity contribution < 1.29 is 9.53 Å². The van der Waals surface area contributed by atoms with E-state index in [0.29, 0.717) is 0 Å². The molecule has 0 aromatic carbocycles. The van der Waals surface area contributed by atoms with E-state index >= 15 is 0 Å². The lowest BCUT2D eigenvalue weighted by Crippen LogP contribution is -2.47. The van der Waals surface area contributed by atoms with E-state index in [9.17, 15) is 4.79 Å². The highest BCUT2D eigenvalue weighted by Crippen LogP contribution is 2.20. The zero-order valence-electron chi connectivity index (χ0n) is 11.4. The first-order valence-electron chi connectivity index (χ1n) is 5.56. The van der Waals surface area contributed by atoms with Gasteiger partial charge in [-0.3, -0.25) is 0 Å². The highest BCUT2D eigenvalue weighted by molar-refractivity contribution is 5.68. The summed E-state index contributed by atoms with van der Waals surface area (Å²) < 4.78 is 5.16. The van der Waals surface area contributed by atoms with Crippen molar-refractivity contribution in [3.8, 4) is 0 Å². The minimum Gasteiger partial charge on any atom is -0.444 e. The summed E-state index contributed by atoms with van der Waals surface area (Å²) in [4.78, 5) is 14.3. The van der Waals surface area contributed by atoms with E-state index in [1.807, 2.05) is 20.8 Å². The number of carbonyl (C=O) groups is 1. The topological polar surface area (TPSA) is 87.1 Å². The smallest absolute Gasteiger partial charge is 0.407 e. The maximum absolute atomic E-state index is 11.6. The van der Waals surface area contributed by atoms with Gasteiger partial charge in [-0.05, 0) is 31.7 Å². The normalized spacial score (nSPS) is 13.5. The van der Waals surface area contributed by atoms with Crippen molar-refractivity contribution in [1.82, 2.24) is 5.32 Å². The predicted octanol–water partition coefficient (Wildman–Crippen LogP) is 3.24. The fourth-order valence-electron chi connectivity index (χ4n) is 1.10. The average Bonchev–Trinajstić information content (AvgIpc) is 2.07. The number of rotatable bonds is 3. The van der Waals surface area contributed by atoms with Crippen LogP contribution in [0.5, 0.6) is 0 Å². The maximum Gasteiger partial charge on any atom is 0.407 e. The molecule has 0 spiro atoms. The second kappa shape index (κ2) is 5.77. The van der Waals surface area contributed by atoms with E-state index < -0.39 is 11.7 Å². The van der Waals surface area contributed by atoms with Crippen LogP contribution < -0.4 is 5.32 Å². The van der Waals surface area contributed by atoms with Gasteiger partial charge >= 0.3 is 6.09 Å². The molecule has 6 nitrogen and oxygen atoms in total. The van der Waals surface area contributed by atoms with Crippen LogP contribution in [0.4, 0.5) is 4.79 Å². The molecule has 6 heteroatoms. The number of nitrogens with zero attached hydrogens (tertiary/aromatic N) is 3. The number of carbonyl (C=O) groups excluding carboxylic acids is 1. The van der Waals surface area contributed by atoms with Crippen LogP contribution in [0.15, 0.2) is 5.11 Å². The van der Waals surface area contributed by atoms with E-state index in [1.165, 1.54) is 0 Å². The molecular weight excluding hydrogens is 220 g/mol. The predicted molar refractivity (Wildman–Crippen MR) is 66.6 cm³/mol. The van der Waals surface area contributed by atoms with Gasteiger partial charge in [0.25, 0.3) is 0 Å². The highest BCUT2D eigenvalue weighted by Gasteiger charge is 2.27. The molecule has 98 valence electrons. The first-order chi connectivity index (χ1) is 7.56. The van der Waals surface area contributed by atoms with Gasteiger partial charge in [-0.25, -0.2) is 4.79 Å². The molecule has 0 rings (SSSR count). The number of hydrogen-bond acceptors (Lipinski definition) is 3. The van der Waals surface area contributed by atoms with Crippen LogP contribution in [0.2, 0.25) is 0 Å². The van der Waals surface area contributed by atoms with E-state index in [2.05, 4.69) is 15.3 Å². The zero-order valence-corrected chi connectivity index (χ0v) is 11.4. The summed E-state index contributed by atoms with van der Waals surface area (Å²) in [5.41, 5.74) is 7.58. The highest BCUT2D eigenvalue weighted by atomic mass is 16.6. The Morgan fingerprint density at radius 2 is 1.88 bits per heavy atom. The quantitative estimate of drug-likeness (QED) is 0.468. The minimum atomic E-state index is -0.537. The molecule has 0 aromatic rings. The number of hydrogen-bond donors (Lipinski definition) is 1. The van der Waals surface area contributed by atoms with E-state index in [4.69, 9.17) is 10.3 Å². The Morgan fingerprint density at radius 3 is 2.24 bits per heavy atom. The number of azide groups is 1. The molecule has 0 heterocycles. The summed E-state index contributed by atoms with van der Waals surface area (Å²) in [5.74, 6) is 0. The van der Waals surface area contributed by atoms with Gasteiger partial charge in [-0.15, -0.1) is 0 Å². The molecular formula is C11H22N4O2. The third-order valence-corrected chi connectivity index (χ3v) is 2.06. The molecule has 1 unspecified atom stereocenters. The van der Waals surface area contributed by atoms with Crippen molar-refractivity contribution in [2.24, 2.45) is 10.5 Å². The van der Waals surface area contributed by atoms with Crippen molar-refractivity contribution in [2.75, 3.05) is 6.54 Å². The van der Waals surface area contributed by atoms with Gasteiger partial charge in [0.15, 0.2) is 0 Å². The van der Waals surface area contributed by atoms with Crippen molar-refractivity contribution in [1.29, 1.82) is 0 Å². The SMILES string of the molecule is CC(C)(C)OC(=O)NC(CN=[N+]=[N-])C(C)(C)C. The molecule has 17 heavy (non-hydrogen) atoms. The first kappa shape index (κ1) is 15.6. The van der Waals surface area contributed by atoms with Crippen LogP contribution in [0.1, 0.15) is 41.5 Å². The summed E-state index contributed by atoms with van der Waals surface area (Å²) in [5, 5.41) is 6.22. The molecule has 0 fully saturated rings. The largest absolute Gasteiger partial charge is 0.444 e. The third-order valence-electron chi connectivity index (χ3n) is 2.06. The molecule has 1 atom stereocenters. The Bertz CT molecular complexity index is 308. The standard InChI is InChI=1S/C11H22N4O2/c1-10(2,3)8(7-13-15-12)14-9(16)17-11(4,5)6/h8H,7H2,1-6H3,(H,14,16). The summed E-state index contributed by atoms with van der Waals surface area (Å²) >= 11 is 0. The molecule has 0 aromatic heterocycles. The van der Waals surface area contributed by atoms with Crippen molar-refractivity contribution in [3.63, 3.8) is 0 Å². The van der Waals surface area contributed by atoms with E-state index in [1.54, 1.807) is 20.8 Å². The summed E-state index contributed by atoms with van der Waals surface area (Å²) in [6.07, 6.45) is -0.495. The molecule has 0 aliphatic rings. The van der Waals surface area contributed by atoms with Crippen molar-refractivity contribution in [2.45, 2.75) is 53.2 Å². The molecule has 0 bridgehead atoms. The Morgan fingerprint density at radius 1 is 1.35 bits per heavy atom. The van der Waals surface area contributed by atoms with Gasteiger partial charge in [0, 0.05) is 17.5 Å². The minimum absolute atomic E-state index is 0.203. The average molecular weight is 242 g/mol. The van der Waals surface area contributed by atoms with Crippen LogP contribution in [0.3, 0.4) is 0 Å². The van der Waals surface area contributed by atoms with Gasteiger partial charge < -0.3 is 10.1 Å². The van der Waals surface area contributed by atoms with Gasteiger partial charge in [-0.1, -0.05) is 25.9 Å². The van der Waals surface area contributed by atoms with Gasteiger partial charge in [0.2, 0.25) is 0 Å². The van der Waals surface area contributed by atoms with E-state index in [0.717, 1.165) is 0 Å². The fraction of sp³-hybridized carbons (Fsp3) is 0.909. The second-order valence-corrected chi connectivity index (χ2v) is 5.98. The molecule has 0 radical (unpaired) electrons. The lowest BCUT2D eigenvalue weighted by Gasteiger charge is -2.31. The molecule has 0 aliphatic heterocycles. The third kappa shape index (κ3) is 7.47. The number of alkyl carbamates (subject to hydrolysis) is 1. The molecule has 1 N–H and O–H groups in total.